The molecule has 2 aromatic rings. The first-order valence-electron chi connectivity index (χ1n) is 9.69. The lowest BCUT2D eigenvalue weighted by Gasteiger charge is -2.40. The fraction of sp³-hybridized carbons (Fsp3) is 0.455. The Kier molecular flexibility index (Phi) is 5.62. The summed E-state index contributed by atoms with van der Waals surface area (Å²) in [5.41, 5.74) is 2.15. The summed E-state index contributed by atoms with van der Waals surface area (Å²) in [6.45, 7) is 4.09. The van der Waals surface area contributed by atoms with Gasteiger partial charge in [-0.25, -0.2) is 0 Å². The summed E-state index contributed by atoms with van der Waals surface area (Å²) in [6, 6.07) is 16.1. The second-order valence-electron chi connectivity index (χ2n) is 7.24. The van der Waals surface area contributed by atoms with Gasteiger partial charge < -0.3 is 24.6 Å². The van der Waals surface area contributed by atoms with E-state index in [-0.39, 0.29) is 18.0 Å². The van der Waals surface area contributed by atoms with E-state index in [4.69, 9.17) is 14.2 Å². The predicted octanol–water partition coefficient (Wildman–Crippen LogP) is 3.25. The molecule has 144 valence electrons. The minimum atomic E-state index is -0.404. The molecule has 0 spiro atoms. The van der Waals surface area contributed by atoms with Gasteiger partial charge in [-0.15, -0.1) is 0 Å². The maximum atomic E-state index is 10.8. The number of piperidine rings is 1. The summed E-state index contributed by atoms with van der Waals surface area (Å²) >= 11 is 0. The van der Waals surface area contributed by atoms with Crippen molar-refractivity contribution in [2.75, 3.05) is 26.4 Å². The Balaban J connectivity index is 1.73. The smallest absolute Gasteiger partial charge is 0.124 e. The highest BCUT2D eigenvalue weighted by molar-refractivity contribution is 5.40. The van der Waals surface area contributed by atoms with Crippen molar-refractivity contribution in [2.24, 2.45) is 5.92 Å². The van der Waals surface area contributed by atoms with Crippen LogP contribution in [0.3, 0.4) is 0 Å². The van der Waals surface area contributed by atoms with E-state index in [1.165, 1.54) is 0 Å². The summed E-state index contributed by atoms with van der Waals surface area (Å²) in [7, 11) is 0. The van der Waals surface area contributed by atoms with Crippen LogP contribution in [0.15, 0.2) is 48.5 Å². The summed E-state index contributed by atoms with van der Waals surface area (Å²) < 4.78 is 17.6. The van der Waals surface area contributed by atoms with Crippen LogP contribution in [0.1, 0.15) is 36.6 Å². The summed E-state index contributed by atoms with van der Waals surface area (Å²) in [4.78, 5) is 0. The van der Waals surface area contributed by atoms with E-state index in [0.717, 1.165) is 22.6 Å². The Morgan fingerprint density at radius 1 is 0.852 bits per heavy atom. The third-order valence-electron chi connectivity index (χ3n) is 5.51. The molecule has 0 aromatic heterocycles. The predicted molar refractivity (Wildman–Crippen MR) is 103 cm³/mol. The van der Waals surface area contributed by atoms with Crippen molar-refractivity contribution in [2.45, 2.75) is 31.5 Å². The number of para-hydroxylation sites is 2. The largest absolute Gasteiger partial charge is 0.491 e. The van der Waals surface area contributed by atoms with Crippen LogP contribution in [-0.4, -0.2) is 37.6 Å². The van der Waals surface area contributed by atoms with E-state index in [2.05, 4.69) is 24.4 Å². The Labute approximate surface area is 160 Å². The quantitative estimate of drug-likeness (QED) is 0.747. The Morgan fingerprint density at radius 3 is 2.15 bits per heavy atom. The molecule has 2 aliphatic rings. The number of hydrogen-bond acceptors (Lipinski definition) is 5. The van der Waals surface area contributed by atoms with Crippen molar-refractivity contribution in [1.29, 1.82) is 0 Å². The van der Waals surface area contributed by atoms with E-state index >= 15 is 0 Å². The molecule has 2 N–H and O–H groups in total. The Hall–Kier alpha value is -2.08. The first kappa shape index (κ1) is 18.3. The molecule has 2 aliphatic heterocycles. The van der Waals surface area contributed by atoms with E-state index in [9.17, 15) is 5.11 Å². The number of rotatable bonds is 0. The van der Waals surface area contributed by atoms with Crippen LogP contribution in [0.25, 0.3) is 0 Å². The number of benzene rings is 2. The Morgan fingerprint density at radius 2 is 1.44 bits per heavy atom. The SMILES string of the molecule is CC1C(O)CC2NC1c1ccccc1OCCOCCOc1ccccc12. The maximum Gasteiger partial charge on any atom is 0.124 e. The van der Waals surface area contributed by atoms with Gasteiger partial charge in [0.05, 0.1) is 19.3 Å². The van der Waals surface area contributed by atoms with Gasteiger partial charge in [0.2, 0.25) is 0 Å². The zero-order valence-electron chi connectivity index (χ0n) is 15.6. The molecule has 4 unspecified atom stereocenters. The molecule has 5 heteroatoms. The molecule has 27 heavy (non-hydrogen) atoms. The molecule has 0 aliphatic carbocycles. The number of ether oxygens (including phenoxy) is 3. The maximum absolute atomic E-state index is 10.8. The lowest BCUT2D eigenvalue weighted by atomic mass is 9.80. The average Bonchev–Trinajstić information content (AvgIpc) is 2.69. The van der Waals surface area contributed by atoms with Gasteiger partial charge in [-0.2, -0.15) is 0 Å². The normalized spacial score (nSPS) is 28.7. The minimum Gasteiger partial charge on any atom is -0.491 e. The topological polar surface area (TPSA) is 60.0 Å². The lowest BCUT2D eigenvalue weighted by molar-refractivity contribution is 0.0365. The molecule has 2 heterocycles. The van der Waals surface area contributed by atoms with Crippen LogP contribution in [0.2, 0.25) is 0 Å². The fourth-order valence-electron chi connectivity index (χ4n) is 4.00. The monoisotopic (exact) mass is 369 g/mol. The standard InChI is InChI=1S/C22H27NO4/c1-15-19(24)14-18-16-6-2-4-8-20(16)26-12-10-25-11-13-27-21-9-5-3-7-17(21)22(15)23-18/h2-9,15,18-19,22-24H,10-14H2,1H3. The molecule has 2 aromatic carbocycles. The number of aliphatic hydroxyl groups is 1. The van der Waals surface area contributed by atoms with Crippen LogP contribution in [0.4, 0.5) is 0 Å². The van der Waals surface area contributed by atoms with Crippen LogP contribution >= 0.6 is 0 Å². The van der Waals surface area contributed by atoms with Gasteiger partial charge in [0.15, 0.2) is 0 Å². The molecular formula is C22H27NO4. The minimum absolute atomic E-state index is 0.00753. The molecule has 2 bridgehead atoms. The molecule has 0 saturated carbocycles. The highest BCUT2D eigenvalue weighted by Crippen LogP contribution is 2.41. The number of hydrogen-bond donors (Lipinski definition) is 2. The highest BCUT2D eigenvalue weighted by Gasteiger charge is 2.37. The van der Waals surface area contributed by atoms with Crippen molar-refractivity contribution in [1.82, 2.24) is 5.32 Å². The lowest BCUT2D eigenvalue weighted by Crippen LogP contribution is -2.43. The molecule has 1 saturated heterocycles. The molecule has 0 radical (unpaired) electrons. The molecular weight excluding hydrogens is 342 g/mol. The van der Waals surface area contributed by atoms with Crippen molar-refractivity contribution in [3.05, 3.63) is 59.7 Å². The van der Waals surface area contributed by atoms with Gasteiger partial charge in [0.25, 0.3) is 0 Å². The number of fused-ring (bicyclic) bond motifs is 6. The highest BCUT2D eigenvalue weighted by atomic mass is 16.5. The Bertz CT molecular complexity index is 765. The summed E-state index contributed by atoms with van der Waals surface area (Å²) in [6.07, 6.45) is 0.246. The van der Waals surface area contributed by atoms with Crippen molar-refractivity contribution in [3.8, 4) is 11.5 Å². The molecule has 1 fully saturated rings. The van der Waals surface area contributed by atoms with E-state index in [0.29, 0.717) is 32.8 Å². The van der Waals surface area contributed by atoms with Crippen LogP contribution in [-0.2, 0) is 4.74 Å². The summed E-state index contributed by atoms with van der Waals surface area (Å²) in [5, 5.41) is 14.5. The molecule has 4 rings (SSSR count). The third-order valence-corrected chi connectivity index (χ3v) is 5.51. The number of nitrogens with one attached hydrogen (secondary N) is 1. The summed E-state index contributed by atoms with van der Waals surface area (Å²) in [5.74, 6) is 1.77. The van der Waals surface area contributed by atoms with Crippen molar-refractivity contribution >= 4 is 0 Å². The number of aliphatic hydroxyl groups excluding tert-OH is 1. The molecule has 0 amide bonds. The first-order valence-corrected chi connectivity index (χ1v) is 9.69. The van der Waals surface area contributed by atoms with Crippen LogP contribution < -0.4 is 14.8 Å². The zero-order chi connectivity index (χ0) is 18.6. The van der Waals surface area contributed by atoms with E-state index in [1.54, 1.807) is 0 Å². The third kappa shape index (κ3) is 3.95. The fourth-order valence-corrected chi connectivity index (χ4v) is 4.00. The molecule has 4 atom stereocenters. The van der Waals surface area contributed by atoms with Crippen LogP contribution in [0, 0.1) is 5.92 Å². The van der Waals surface area contributed by atoms with E-state index < -0.39 is 6.10 Å². The van der Waals surface area contributed by atoms with Gasteiger partial charge in [-0.3, -0.25) is 0 Å². The van der Waals surface area contributed by atoms with E-state index in [1.807, 2.05) is 36.4 Å². The van der Waals surface area contributed by atoms with Crippen molar-refractivity contribution < 1.29 is 19.3 Å². The van der Waals surface area contributed by atoms with Gasteiger partial charge in [0, 0.05) is 29.1 Å². The van der Waals surface area contributed by atoms with Crippen LogP contribution in [0.5, 0.6) is 11.5 Å². The average molecular weight is 369 g/mol. The first-order chi connectivity index (χ1) is 13.2. The second kappa shape index (κ2) is 8.30. The van der Waals surface area contributed by atoms with Gasteiger partial charge in [-0.1, -0.05) is 43.3 Å². The zero-order valence-corrected chi connectivity index (χ0v) is 15.6. The van der Waals surface area contributed by atoms with Gasteiger partial charge in [0.1, 0.15) is 24.7 Å². The van der Waals surface area contributed by atoms with Gasteiger partial charge >= 0.3 is 0 Å². The molecule has 5 nitrogen and oxygen atoms in total. The second-order valence-corrected chi connectivity index (χ2v) is 7.24. The van der Waals surface area contributed by atoms with Crippen molar-refractivity contribution in [3.63, 3.8) is 0 Å². The van der Waals surface area contributed by atoms with Gasteiger partial charge in [-0.05, 0) is 18.6 Å².